The molecule has 2 rings (SSSR count). The summed E-state index contributed by atoms with van der Waals surface area (Å²) < 4.78 is 0. The summed E-state index contributed by atoms with van der Waals surface area (Å²) in [6.07, 6.45) is 2.01. The van der Waals surface area contributed by atoms with Crippen LogP contribution < -0.4 is 5.32 Å². The predicted molar refractivity (Wildman–Crippen MR) is 52.6 cm³/mol. The number of rotatable bonds is 3. The van der Waals surface area contributed by atoms with E-state index in [1.165, 1.54) is 17.5 Å². The second-order valence-corrected chi connectivity index (χ2v) is 3.51. The molecule has 0 aliphatic carbocycles. The van der Waals surface area contributed by atoms with Crippen LogP contribution in [0, 0.1) is 0 Å². The third-order valence-electron chi connectivity index (χ3n) is 2.61. The number of hydrogen-bond donors (Lipinski definition) is 2. The van der Waals surface area contributed by atoms with Crippen LogP contribution in [-0.2, 0) is 6.42 Å². The van der Waals surface area contributed by atoms with Crippen LogP contribution in [0.3, 0.4) is 0 Å². The molecular weight excluding hydrogens is 162 g/mol. The Morgan fingerprint density at radius 3 is 2.46 bits per heavy atom. The van der Waals surface area contributed by atoms with Gasteiger partial charge in [0.1, 0.15) is 0 Å². The van der Waals surface area contributed by atoms with Crippen molar-refractivity contribution in [3.8, 4) is 0 Å². The maximum atomic E-state index is 8.74. The van der Waals surface area contributed by atoms with E-state index < -0.39 is 0 Å². The van der Waals surface area contributed by atoms with Crippen LogP contribution >= 0.6 is 0 Å². The summed E-state index contributed by atoms with van der Waals surface area (Å²) in [6, 6.07) is 9.09. The molecule has 0 bridgehead atoms. The van der Waals surface area contributed by atoms with Crippen LogP contribution in [0.15, 0.2) is 24.3 Å². The highest BCUT2D eigenvalue weighted by molar-refractivity contribution is 5.26. The van der Waals surface area contributed by atoms with E-state index in [4.69, 9.17) is 5.11 Å². The first-order valence-corrected chi connectivity index (χ1v) is 4.83. The second-order valence-electron chi connectivity index (χ2n) is 3.51. The van der Waals surface area contributed by atoms with Gasteiger partial charge in [-0.2, -0.15) is 0 Å². The molecule has 0 unspecified atom stereocenters. The summed E-state index contributed by atoms with van der Waals surface area (Å²) in [5.41, 5.74) is 2.58. The van der Waals surface area contributed by atoms with Crippen molar-refractivity contribution in [1.82, 2.24) is 5.32 Å². The van der Waals surface area contributed by atoms with E-state index in [-0.39, 0.29) is 6.61 Å². The Morgan fingerprint density at radius 2 is 2.00 bits per heavy atom. The monoisotopic (exact) mass is 177 g/mol. The summed E-state index contributed by atoms with van der Waals surface area (Å²) in [6.45, 7) is 1.38. The molecule has 1 aliphatic rings. The smallest absolute Gasteiger partial charge is 0.0471 e. The molecule has 1 aromatic rings. The quantitative estimate of drug-likeness (QED) is 0.728. The molecule has 2 N–H and O–H groups in total. The number of hydrogen-bond acceptors (Lipinski definition) is 2. The van der Waals surface area contributed by atoms with Crippen molar-refractivity contribution in [1.29, 1.82) is 0 Å². The first kappa shape index (κ1) is 8.73. The minimum atomic E-state index is 0.237. The highest BCUT2D eigenvalue weighted by Crippen LogP contribution is 2.22. The average Bonchev–Trinajstić information content (AvgIpc) is 2.06. The molecule has 1 aliphatic heterocycles. The van der Waals surface area contributed by atoms with Gasteiger partial charge in [-0.25, -0.2) is 0 Å². The van der Waals surface area contributed by atoms with E-state index in [9.17, 15) is 0 Å². The van der Waals surface area contributed by atoms with Crippen molar-refractivity contribution in [2.45, 2.75) is 18.9 Å². The van der Waals surface area contributed by atoms with Crippen LogP contribution in [0.1, 0.15) is 23.6 Å². The molecule has 70 valence electrons. The molecule has 1 saturated heterocycles. The van der Waals surface area contributed by atoms with Crippen molar-refractivity contribution in [3.05, 3.63) is 35.4 Å². The zero-order valence-corrected chi connectivity index (χ0v) is 7.66. The van der Waals surface area contributed by atoms with Gasteiger partial charge in [0.25, 0.3) is 0 Å². The van der Waals surface area contributed by atoms with Crippen LogP contribution in [0.4, 0.5) is 0 Å². The number of nitrogens with one attached hydrogen (secondary N) is 1. The lowest BCUT2D eigenvalue weighted by Gasteiger charge is -2.28. The lowest BCUT2D eigenvalue weighted by Crippen LogP contribution is -2.34. The Labute approximate surface area is 78.6 Å². The van der Waals surface area contributed by atoms with E-state index in [2.05, 4.69) is 29.6 Å². The van der Waals surface area contributed by atoms with Crippen molar-refractivity contribution in [2.24, 2.45) is 0 Å². The molecule has 1 heterocycles. The Bertz CT molecular complexity index is 264. The average molecular weight is 177 g/mol. The lowest BCUT2D eigenvalue weighted by molar-refractivity contribution is 0.299. The third kappa shape index (κ3) is 1.90. The first-order chi connectivity index (χ1) is 6.40. The fourth-order valence-corrected chi connectivity index (χ4v) is 1.62. The van der Waals surface area contributed by atoms with Gasteiger partial charge in [-0.05, 0) is 30.5 Å². The predicted octanol–water partition coefficient (Wildman–Crippen LogP) is 1.26. The molecule has 1 fully saturated rings. The van der Waals surface area contributed by atoms with E-state index in [0.29, 0.717) is 6.04 Å². The van der Waals surface area contributed by atoms with Gasteiger partial charge < -0.3 is 10.4 Å². The SMILES string of the molecule is OCCc1ccc([C@@H]2CCN2)cc1. The Kier molecular flexibility index (Phi) is 2.62. The lowest BCUT2D eigenvalue weighted by atomic mass is 9.97. The van der Waals surface area contributed by atoms with Crippen LogP contribution in [0.5, 0.6) is 0 Å². The van der Waals surface area contributed by atoms with Crippen LogP contribution in [0.2, 0.25) is 0 Å². The van der Waals surface area contributed by atoms with E-state index >= 15 is 0 Å². The fraction of sp³-hybridized carbons (Fsp3) is 0.455. The zero-order chi connectivity index (χ0) is 9.10. The summed E-state index contributed by atoms with van der Waals surface area (Å²) >= 11 is 0. The maximum Gasteiger partial charge on any atom is 0.0471 e. The molecule has 13 heavy (non-hydrogen) atoms. The number of benzene rings is 1. The van der Waals surface area contributed by atoms with E-state index in [0.717, 1.165) is 13.0 Å². The summed E-state index contributed by atoms with van der Waals surface area (Å²) in [5, 5.41) is 12.1. The van der Waals surface area contributed by atoms with Crippen molar-refractivity contribution in [3.63, 3.8) is 0 Å². The molecule has 2 heteroatoms. The van der Waals surface area contributed by atoms with Gasteiger partial charge in [0.2, 0.25) is 0 Å². The van der Waals surface area contributed by atoms with Gasteiger partial charge in [0.15, 0.2) is 0 Å². The maximum absolute atomic E-state index is 8.74. The van der Waals surface area contributed by atoms with Gasteiger partial charge in [-0.3, -0.25) is 0 Å². The number of aliphatic hydroxyl groups is 1. The molecule has 0 radical (unpaired) electrons. The van der Waals surface area contributed by atoms with Crippen LogP contribution in [0.25, 0.3) is 0 Å². The molecule has 0 aromatic heterocycles. The van der Waals surface area contributed by atoms with Gasteiger partial charge in [0, 0.05) is 12.6 Å². The summed E-state index contributed by atoms with van der Waals surface area (Å²) in [4.78, 5) is 0. The molecule has 1 atom stereocenters. The zero-order valence-electron chi connectivity index (χ0n) is 7.66. The molecular formula is C11H15NO. The van der Waals surface area contributed by atoms with Crippen molar-refractivity contribution in [2.75, 3.05) is 13.2 Å². The molecule has 2 nitrogen and oxygen atoms in total. The summed E-state index contributed by atoms with van der Waals surface area (Å²) in [7, 11) is 0. The highest BCUT2D eigenvalue weighted by atomic mass is 16.2. The van der Waals surface area contributed by atoms with E-state index in [1.807, 2.05) is 0 Å². The van der Waals surface area contributed by atoms with Gasteiger partial charge >= 0.3 is 0 Å². The third-order valence-corrected chi connectivity index (χ3v) is 2.61. The second kappa shape index (κ2) is 3.90. The topological polar surface area (TPSA) is 32.3 Å². The first-order valence-electron chi connectivity index (χ1n) is 4.83. The minimum absolute atomic E-state index is 0.237. The molecule has 0 saturated carbocycles. The van der Waals surface area contributed by atoms with E-state index in [1.54, 1.807) is 0 Å². The minimum Gasteiger partial charge on any atom is -0.396 e. The normalized spacial score (nSPS) is 21.2. The Balaban J connectivity index is 2.04. The standard InChI is InChI=1S/C11H15NO/c13-8-6-9-1-3-10(4-2-9)11-5-7-12-11/h1-4,11-13H,5-8H2/t11-/m0/s1. The Morgan fingerprint density at radius 1 is 1.31 bits per heavy atom. The van der Waals surface area contributed by atoms with Crippen molar-refractivity contribution >= 4 is 0 Å². The molecule has 1 aromatic carbocycles. The fourth-order valence-electron chi connectivity index (χ4n) is 1.62. The molecule has 0 amide bonds. The van der Waals surface area contributed by atoms with Crippen molar-refractivity contribution < 1.29 is 5.11 Å². The number of aliphatic hydroxyl groups excluding tert-OH is 1. The summed E-state index contributed by atoms with van der Waals surface area (Å²) in [5.74, 6) is 0. The Hall–Kier alpha value is -0.860. The largest absolute Gasteiger partial charge is 0.396 e. The molecule has 0 spiro atoms. The van der Waals surface area contributed by atoms with Gasteiger partial charge in [-0.1, -0.05) is 24.3 Å². The van der Waals surface area contributed by atoms with Gasteiger partial charge in [0.05, 0.1) is 0 Å². The van der Waals surface area contributed by atoms with Crippen LogP contribution in [-0.4, -0.2) is 18.3 Å². The van der Waals surface area contributed by atoms with Gasteiger partial charge in [-0.15, -0.1) is 0 Å². The highest BCUT2D eigenvalue weighted by Gasteiger charge is 2.17.